The molecule has 0 unspecified atom stereocenters. The van der Waals surface area contributed by atoms with Gasteiger partial charge >= 0.3 is 0 Å². The van der Waals surface area contributed by atoms with Crippen LogP contribution >= 0.6 is 11.6 Å². The second kappa shape index (κ2) is 5.06. The first-order valence-electron chi connectivity index (χ1n) is 5.37. The number of aromatic nitrogens is 1. The Hall–Kier alpha value is -2.07. The van der Waals surface area contributed by atoms with Gasteiger partial charge in [0.1, 0.15) is 5.84 Å². The minimum atomic E-state index is 0.0473. The predicted octanol–water partition coefficient (Wildman–Crippen LogP) is 2.79. The number of nitrogens with zero attached hydrogens (tertiary/aromatic N) is 2. The Morgan fingerprint density at radius 1 is 1.39 bits per heavy atom. The van der Waals surface area contributed by atoms with Crippen molar-refractivity contribution in [2.45, 2.75) is 0 Å². The molecule has 1 heterocycles. The Balaban J connectivity index is 2.40. The summed E-state index contributed by atoms with van der Waals surface area (Å²) in [5, 5.41) is 8.02. The molecule has 3 N–H and O–H groups in total. The van der Waals surface area contributed by atoms with Gasteiger partial charge < -0.3 is 10.6 Å². The first kappa shape index (κ1) is 12.4. The zero-order valence-electron chi connectivity index (χ0n) is 9.89. The van der Waals surface area contributed by atoms with E-state index in [1.54, 1.807) is 18.5 Å². The average molecular weight is 261 g/mol. The smallest absolute Gasteiger partial charge is 0.122 e. The molecule has 0 aliphatic carbocycles. The molecule has 5 heteroatoms. The summed E-state index contributed by atoms with van der Waals surface area (Å²) < 4.78 is 0. The highest BCUT2D eigenvalue weighted by Crippen LogP contribution is 2.29. The van der Waals surface area contributed by atoms with E-state index in [2.05, 4.69) is 4.98 Å². The van der Waals surface area contributed by atoms with E-state index >= 15 is 0 Å². The fourth-order valence-corrected chi connectivity index (χ4v) is 1.91. The summed E-state index contributed by atoms with van der Waals surface area (Å²) in [4.78, 5) is 5.88. The lowest BCUT2D eigenvalue weighted by Gasteiger charge is -2.21. The van der Waals surface area contributed by atoms with E-state index in [0.717, 1.165) is 11.4 Å². The molecule has 1 aromatic carbocycles. The third kappa shape index (κ3) is 2.43. The van der Waals surface area contributed by atoms with Gasteiger partial charge in [0, 0.05) is 30.7 Å². The van der Waals surface area contributed by atoms with Gasteiger partial charge in [-0.05, 0) is 18.2 Å². The normalized spacial score (nSPS) is 10.1. The molecular formula is C13H13ClN4. The van der Waals surface area contributed by atoms with E-state index in [-0.39, 0.29) is 5.84 Å². The molecule has 4 nitrogen and oxygen atoms in total. The van der Waals surface area contributed by atoms with Crippen molar-refractivity contribution >= 4 is 28.8 Å². The van der Waals surface area contributed by atoms with Crippen molar-refractivity contribution in [3.8, 4) is 0 Å². The highest BCUT2D eigenvalue weighted by atomic mass is 35.5. The second-order valence-corrected chi connectivity index (χ2v) is 4.26. The van der Waals surface area contributed by atoms with Crippen molar-refractivity contribution < 1.29 is 0 Å². The standard InChI is InChI=1S/C13H13ClN4/c1-18(12-5-6-17-8-11(12)14)10-4-2-3-9(7-10)13(15)16/h2-8H,1H3,(H3,15,16). The fraction of sp³-hybridized carbons (Fsp3) is 0.0769. The van der Waals surface area contributed by atoms with E-state index in [0.29, 0.717) is 10.6 Å². The number of nitrogens with two attached hydrogens (primary N) is 1. The zero-order chi connectivity index (χ0) is 13.1. The zero-order valence-corrected chi connectivity index (χ0v) is 10.6. The Bertz CT molecular complexity index is 583. The molecule has 18 heavy (non-hydrogen) atoms. The lowest BCUT2D eigenvalue weighted by molar-refractivity contribution is 1.18. The van der Waals surface area contributed by atoms with E-state index in [1.165, 1.54) is 0 Å². The summed E-state index contributed by atoms with van der Waals surface area (Å²) in [5.74, 6) is 0.0473. The molecule has 0 fully saturated rings. The van der Waals surface area contributed by atoms with Crippen LogP contribution in [0.25, 0.3) is 0 Å². The topological polar surface area (TPSA) is 66.0 Å². The average Bonchev–Trinajstić information content (AvgIpc) is 2.38. The molecule has 0 saturated heterocycles. The molecule has 92 valence electrons. The molecule has 0 aliphatic heterocycles. The van der Waals surface area contributed by atoms with Gasteiger partial charge in [-0.1, -0.05) is 23.7 Å². The summed E-state index contributed by atoms with van der Waals surface area (Å²) in [6, 6.07) is 9.27. The monoisotopic (exact) mass is 260 g/mol. The number of pyridine rings is 1. The summed E-state index contributed by atoms with van der Waals surface area (Å²) in [6.45, 7) is 0. The maximum absolute atomic E-state index is 7.44. The molecule has 1 aromatic heterocycles. The van der Waals surface area contributed by atoms with E-state index < -0.39 is 0 Å². The Kier molecular flexibility index (Phi) is 3.48. The maximum atomic E-state index is 7.44. The second-order valence-electron chi connectivity index (χ2n) is 3.85. The van der Waals surface area contributed by atoms with Crippen LogP contribution in [0.5, 0.6) is 0 Å². The Labute approximate surface area is 111 Å². The van der Waals surface area contributed by atoms with Crippen molar-refractivity contribution in [2.75, 3.05) is 11.9 Å². The molecule has 0 saturated carbocycles. The van der Waals surface area contributed by atoms with Gasteiger partial charge in [0.05, 0.1) is 10.7 Å². The van der Waals surface area contributed by atoms with E-state index in [4.69, 9.17) is 22.7 Å². The first-order valence-corrected chi connectivity index (χ1v) is 5.75. The molecule has 0 amide bonds. The SMILES string of the molecule is CN(c1cccc(C(=N)N)c1)c1ccncc1Cl. The number of halogens is 1. The van der Waals surface area contributed by atoms with E-state index in [9.17, 15) is 0 Å². The van der Waals surface area contributed by atoms with Crippen molar-refractivity contribution in [3.05, 3.63) is 53.3 Å². The van der Waals surface area contributed by atoms with Crippen molar-refractivity contribution in [2.24, 2.45) is 5.73 Å². The summed E-state index contributed by atoms with van der Waals surface area (Å²) in [5.41, 5.74) is 7.93. The number of hydrogen-bond acceptors (Lipinski definition) is 3. The predicted molar refractivity (Wildman–Crippen MR) is 74.8 cm³/mol. The lowest BCUT2D eigenvalue weighted by atomic mass is 10.1. The molecular weight excluding hydrogens is 248 g/mol. The molecule has 2 aromatic rings. The molecule has 2 rings (SSSR count). The van der Waals surface area contributed by atoms with Gasteiger partial charge in [0.2, 0.25) is 0 Å². The summed E-state index contributed by atoms with van der Waals surface area (Å²) in [6.07, 6.45) is 3.29. The lowest BCUT2D eigenvalue weighted by Crippen LogP contribution is -2.14. The first-order chi connectivity index (χ1) is 8.59. The van der Waals surface area contributed by atoms with Gasteiger partial charge in [0.25, 0.3) is 0 Å². The van der Waals surface area contributed by atoms with Crippen molar-refractivity contribution in [1.82, 2.24) is 4.98 Å². The Morgan fingerprint density at radius 3 is 2.83 bits per heavy atom. The van der Waals surface area contributed by atoms with Gasteiger partial charge in [-0.15, -0.1) is 0 Å². The molecule has 0 aliphatic rings. The van der Waals surface area contributed by atoms with Crippen LogP contribution in [0.2, 0.25) is 5.02 Å². The third-order valence-electron chi connectivity index (χ3n) is 2.66. The number of hydrogen-bond donors (Lipinski definition) is 2. The number of rotatable bonds is 3. The van der Waals surface area contributed by atoms with Crippen LogP contribution < -0.4 is 10.6 Å². The van der Waals surface area contributed by atoms with Gasteiger partial charge in [-0.2, -0.15) is 0 Å². The van der Waals surface area contributed by atoms with Crippen LogP contribution in [0.4, 0.5) is 11.4 Å². The minimum absolute atomic E-state index is 0.0473. The highest BCUT2D eigenvalue weighted by molar-refractivity contribution is 6.33. The highest BCUT2D eigenvalue weighted by Gasteiger charge is 2.08. The number of benzene rings is 1. The number of nitrogens with one attached hydrogen (secondary N) is 1. The van der Waals surface area contributed by atoms with Gasteiger partial charge in [-0.25, -0.2) is 0 Å². The van der Waals surface area contributed by atoms with Crippen LogP contribution in [0.15, 0.2) is 42.7 Å². The van der Waals surface area contributed by atoms with Crippen LogP contribution in [0.1, 0.15) is 5.56 Å². The van der Waals surface area contributed by atoms with Crippen LogP contribution in [0, 0.1) is 5.41 Å². The molecule has 0 bridgehead atoms. The summed E-state index contributed by atoms with van der Waals surface area (Å²) >= 11 is 6.10. The summed E-state index contributed by atoms with van der Waals surface area (Å²) in [7, 11) is 1.90. The quantitative estimate of drug-likeness (QED) is 0.659. The number of nitrogen functional groups attached to an aromatic ring is 1. The fourth-order valence-electron chi connectivity index (χ4n) is 1.66. The number of anilines is 2. The minimum Gasteiger partial charge on any atom is -0.384 e. The van der Waals surface area contributed by atoms with Crippen molar-refractivity contribution in [1.29, 1.82) is 5.41 Å². The largest absolute Gasteiger partial charge is 0.384 e. The molecule has 0 spiro atoms. The molecule has 0 radical (unpaired) electrons. The third-order valence-corrected chi connectivity index (χ3v) is 2.95. The van der Waals surface area contributed by atoms with Crippen molar-refractivity contribution in [3.63, 3.8) is 0 Å². The van der Waals surface area contributed by atoms with Gasteiger partial charge in [0.15, 0.2) is 0 Å². The van der Waals surface area contributed by atoms with Crippen LogP contribution in [0.3, 0.4) is 0 Å². The van der Waals surface area contributed by atoms with Crippen LogP contribution in [-0.2, 0) is 0 Å². The Morgan fingerprint density at radius 2 is 2.17 bits per heavy atom. The van der Waals surface area contributed by atoms with Gasteiger partial charge in [-0.3, -0.25) is 10.4 Å². The van der Waals surface area contributed by atoms with E-state index in [1.807, 2.05) is 36.2 Å². The molecule has 0 atom stereocenters. The number of amidine groups is 1. The van der Waals surface area contributed by atoms with Crippen LogP contribution in [-0.4, -0.2) is 17.9 Å². The maximum Gasteiger partial charge on any atom is 0.122 e.